The van der Waals surface area contributed by atoms with Crippen LogP contribution >= 0.6 is 0 Å². The number of nitrogens with zero attached hydrogens (tertiary/aromatic N) is 1. The van der Waals surface area contributed by atoms with E-state index >= 15 is 0 Å². The minimum Gasteiger partial charge on any atom is -0.481 e. The molecule has 7 heteroatoms. The van der Waals surface area contributed by atoms with Gasteiger partial charge in [-0.1, -0.05) is 13.8 Å². The summed E-state index contributed by atoms with van der Waals surface area (Å²) in [6.07, 6.45) is 2.11. The van der Waals surface area contributed by atoms with Gasteiger partial charge in [0.25, 0.3) is 0 Å². The van der Waals surface area contributed by atoms with E-state index in [1.54, 1.807) is 18.7 Å². The van der Waals surface area contributed by atoms with E-state index in [2.05, 4.69) is 10.6 Å². The Hall–Kier alpha value is -1.79. The third kappa shape index (κ3) is 6.76. The maximum absolute atomic E-state index is 12.1. The van der Waals surface area contributed by atoms with Crippen LogP contribution in [0.15, 0.2) is 0 Å². The number of carboxylic acid groups (broad SMARTS) is 1. The zero-order valence-electron chi connectivity index (χ0n) is 15.2. The van der Waals surface area contributed by atoms with E-state index in [-0.39, 0.29) is 17.9 Å². The lowest BCUT2D eigenvalue weighted by molar-refractivity contribution is -0.142. The maximum atomic E-state index is 12.1. The van der Waals surface area contributed by atoms with Gasteiger partial charge in [-0.15, -0.1) is 0 Å². The molecule has 0 saturated carbocycles. The summed E-state index contributed by atoms with van der Waals surface area (Å²) < 4.78 is 0. The Bertz CT molecular complexity index is 453. The first-order valence-electron chi connectivity index (χ1n) is 8.75. The quantitative estimate of drug-likeness (QED) is 0.656. The number of aliphatic carboxylic acids is 1. The zero-order chi connectivity index (χ0) is 18.3. The molecule has 1 rings (SSSR count). The van der Waals surface area contributed by atoms with Crippen LogP contribution in [0.5, 0.6) is 0 Å². The highest BCUT2D eigenvalue weighted by Gasteiger charge is 2.27. The molecule has 0 spiro atoms. The van der Waals surface area contributed by atoms with Crippen LogP contribution in [0.2, 0.25) is 0 Å². The number of carboxylic acids is 1. The van der Waals surface area contributed by atoms with Gasteiger partial charge in [0.15, 0.2) is 0 Å². The van der Waals surface area contributed by atoms with Crippen molar-refractivity contribution in [1.29, 1.82) is 0 Å². The molecule has 1 aliphatic rings. The highest BCUT2D eigenvalue weighted by Crippen LogP contribution is 2.20. The van der Waals surface area contributed by atoms with Crippen LogP contribution in [-0.4, -0.2) is 53.6 Å². The molecule has 0 aromatic rings. The van der Waals surface area contributed by atoms with Crippen LogP contribution in [0.1, 0.15) is 47.0 Å². The third-order valence-corrected chi connectivity index (χ3v) is 4.47. The standard InChI is InChI=1S/C17H31N3O4/c1-11(2)9-18-17(24)20-7-5-6-14(10-20)8-15(21)19-13(4)12(3)16(22)23/h11-14H,5-10H2,1-4H3,(H,18,24)(H,19,21)(H,22,23). The number of urea groups is 1. The molecule has 3 atom stereocenters. The summed E-state index contributed by atoms with van der Waals surface area (Å²) in [6.45, 7) is 9.30. The fourth-order valence-corrected chi connectivity index (χ4v) is 2.73. The number of hydrogen-bond acceptors (Lipinski definition) is 3. The molecular weight excluding hydrogens is 310 g/mol. The molecule has 1 aliphatic heterocycles. The van der Waals surface area contributed by atoms with E-state index < -0.39 is 17.9 Å². The summed E-state index contributed by atoms with van der Waals surface area (Å²) in [5.74, 6) is -1.17. The second-order valence-corrected chi connectivity index (χ2v) is 7.22. The molecule has 138 valence electrons. The number of piperidine rings is 1. The maximum Gasteiger partial charge on any atom is 0.317 e. The molecule has 0 bridgehead atoms. The second kappa shape index (κ2) is 9.49. The number of carbonyl (C=O) groups excluding carboxylic acids is 2. The molecule has 1 saturated heterocycles. The minimum absolute atomic E-state index is 0.0679. The van der Waals surface area contributed by atoms with E-state index in [1.807, 2.05) is 13.8 Å². The van der Waals surface area contributed by atoms with Gasteiger partial charge in [0.1, 0.15) is 0 Å². The second-order valence-electron chi connectivity index (χ2n) is 7.22. The molecule has 7 nitrogen and oxygen atoms in total. The van der Waals surface area contributed by atoms with Crippen molar-refractivity contribution in [1.82, 2.24) is 15.5 Å². The third-order valence-electron chi connectivity index (χ3n) is 4.47. The Balaban J connectivity index is 2.43. The average molecular weight is 341 g/mol. The molecule has 0 aromatic carbocycles. The lowest BCUT2D eigenvalue weighted by Crippen LogP contribution is -2.47. The first-order chi connectivity index (χ1) is 11.2. The lowest BCUT2D eigenvalue weighted by atomic mass is 9.94. The predicted molar refractivity (Wildman–Crippen MR) is 91.6 cm³/mol. The van der Waals surface area contributed by atoms with Gasteiger partial charge in [0, 0.05) is 32.1 Å². The van der Waals surface area contributed by atoms with Crippen molar-refractivity contribution >= 4 is 17.9 Å². The number of nitrogens with one attached hydrogen (secondary N) is 2. The molecule has 3 unspecified atom stereocenters. The van der Waals surface area contributed by atoms with Gasteiger partial charge >= 0.3 is 12.0 Å². The first kappa shape index (κ1) is 20.3. The summed E-state index contributed by atoms with van der Waals surface area (Å²) in [5, 5.41) is 14.6. The molecule has 0 aromatic heterocycles. The molecule has 0 aliphatic carbocycles. The van der Waals surface area contributed by atoms with Gasteiger partial charge in [-0.3, -0.25) is 9.59 Å². The van der Waals surface area contributed by atoms with Gasteiger partial charge in [-0.2, -0.15) is 0 Å². The lowest BCUT2D eigenvalue weighted by Gasteiger charge is -2.33. The summed E-state index contributed by atoms with van der Waals surface area (Å²) in [6, 6.07) is -0.481. The van der Waals surface area contributed by atoms with Crippen LogP contribution in [0.4, 0.5) is 4.79 Å². The van der Waals surface area contributed by atoms with Crippen molar-refractivity contribution < 1.29 is 19.5 Å². The van der Waals surface area contributed by atoms with Gasteiger partial charge < -0.3 is 20.6 Å². The van der Waals surface area contributed by atoms with E-state index in [0.29, 0.717) is 32.0 Å². The Morgan fingerprint density at radius 3 is 2.46 bits per heavy atom. The van der Waals surface area contributed by atoms with E-state index in [1.165, 1.54) is 0 Å². The van der Waals surface area contributed by atoms with Crippen molar-refractivity contribution in [3.63, 3.8) is 0 Å². The highest BCUT2D eigenvalue weighted by atomic mass is 16.4. The normalized spacial score (nSPS) is 20.4. The first-order valence-corrected chi connectivity index (χ1v) is 8.75. The smallest absolute Gasteiger partial charge is 0.317 e. The van der Waals surface area contributed by atoms with Gasteiger partial charge in [0.2, 0.25) is 5.91 Å². The van der Waals surface area contributed by atoms with Crippen LogP contribution in [0, 0.1) is 17.8 Å². The van der Waals surface area contributed by atoms with Crippen molar-refractivity contribution in [3.05, 3.63) is 0 Å². The predicted octanol–water partition coefficient (Wildman–Crippen LogP) is 1.68. The topological polar surface area (TPSA) is 98.7 Å². The number of likely N-dealkylation sites (tertiary alicyclic amines) is 1. The Kier molecular flexibility index (Phi) is 8.01. The van der Waals surface area contributed by atoms with Gasteiger partial charge in [-0.25, -0.2) is 4.79 Å². The molecule has 24 heavy (non-hydrogen) atoms. The Morgan fingerprint density at radius 2 is 1.88 bits per heavy atom. The fourth-order valence-electron chi connectivity index (χ4n) is 2.73. The average Bonchev–Trinajstić information content (AvgIpc) is 2.51. The van der Waals surface area contributed by atoms with Crippen molar-refractivity contribution in [3.8, 4) is 0 Å². The summed E-state index contributed by atoms with van der Waals surface area (Å²) in [5.41, 5.74) is 0. The summed E-state index contributed by atoms with van der Waals surface area (Å²) in [7, 11) is 0. The Morgan fingerprint density at radius 1 is 1.21 bits per heavy atom. The van der Waals surface area contributed by atoms with Crippen LogP contribution in [0.25, 0.3) is 0 Å². The van der Waals surface area contributed by atoms with Gasteiger partial charge in [-0.05, 0) is 38.5 Å². The highest BCUT2D eigenvalue weighted by molar-refractivity contribution is 5.78. The van der Waals surface area contributed by atoms with Crippen LogP contribution in [0.3, 0.4) is 0 Å². The SMILES string of the molecule is CC(C)CNC(=O)N1CCCC(CC(=O)NC(C)C(C)C(=O)O)C1. The molecule has 0 radical (unpaired) electrons. The van der Waals surface area contributed by atoms with E-state index in [9.17, 15) is 14.4 Å². The summed E-state index contributed by atoms with van der Waals surface area (Å²) >= 11 is 0. The number of amides is 3. The van der Waals surface area contributed by atoms with E-state index in [4.69, 9.17) is 5.11 Å². The molecule has 1 heterocycles. The molecule has 3 amide bonds. The van der Waals surface area contributed by atoms with Crippen molar-refractivity contribution in [2.24, 2.45) is 17.8 Å². The fraction of sp³-hybridized carbons (Fsp3) is 0.824. The largest absolute Gasteiger partial charge is 0.481 e. The van der Waals surface area contributed by atoms with Crippen LogP contribution in [-0.2, 0) is 9.59 Å². The Labute approximate surface area is 144 Å². The summed E-state index contributed by atoms with van der Waals surface area (Å²) in [4.78, 5) is 37.0. The molecule has 1 fully saturated rings. The van der Waals surface area contributed by atoms with Crippen LogP contribution < -0.4 is 10.6 Å². The van der Waals surface area contributed by atoms with E-state index in [0.717, 1.165) is 12.8 Å². The molecule has 3 N–H and O–H groups in total. The molecular formula is C17H31N3O4. The minimum atomic E-state index is -0.923. The zero-order valence-corrected chi connectivity index (χ0v) is 15.2. The number of rotatable bonds is 7. The van der Waals surface area contributed by atoms with Crippen molar-refractivity contribution in [2.45, 2.75) is 53.0 Å². The monoisotopic (exact) mass is 341 g/mol. The van der Waals surface area contributed by atoms with Crippen molar-refractivity contribution in [2.75, 3.05) is 19.6 Å². The number of hydrogen-bond donors (Lipinski definition) is 3. The van der Waals surface area contributed by atoms with Gasteiger partial charge in [0.05, 0.1) is 5.92 Å². The number of carbonyl (C=O) groups is 3.